The Balaban J connectivity index is 1.15. The van der Waals surface area contributed by atoms with Crippen LogP contribution in [0.15, 0.2) is 48.8 Å². The van der Waals surface area contributed by atoms with Gasteiger partial charge in [0.25, 0.3) is 0 Å². The Labute approximate surface area is 177 Å². The molecule has 2 aromatic rings. The van der Waals surface area contributed by atoms with Crippen molar-refractivity contribution in [3.8, 4) is 0 Å². The summed E-state index contributed by atoms with van der Waals surface area (Å²) >= 11 is 0. The van der Waals surface area contributed by atoms with E-state index in [0.29, 0.717) is 24.3 Å². The number of hydrogen-bond acceptors (Lipinski definition) is 4. The van der Waals surface area contributed by atoms with E-state index >= 15 is 0 Å². The van der Waals surface area contributed by atoms with Crippen molar-refractivity contribution in [2.75, 3.05) is 0 Å². The van der Waals surface area contributed by atoms with Crippen LogP contribution in [-0.2, 0) is 15.1 Å². The Morgan fingerprint density at radius 1 is 1.00 bits per heavy atom. The van der Waals surface area contributed by atoms with Crippen LogP contribution in [0.4, 0.5) is 0 Å². The number of carbonyl (C=O) groups is 2. The van der Waals surface area contributed by atoms with Crippen molar-refractivity contribution in [2.24, 2.45) is 5.92 Å². The highest BCUT2D eigenvalue weighted by atomic mass is 16.6. The molecule has 0 atom stereocenters. The molecule has 5 rings (SSSR count). The van der Waals surface area contributed by atoms with Crippen LogP contribution >= 0.6 is 0 Å². The lowest BCUT2D eigenvalue weighted by molar-refractivity contribution is -0.129. The fraction of sp³-hybridized carbons (Fsp3) is 0.480. The Morgan fingerprint density at radius 2 is 1.73 bits per heavy atom. The molecule has 1 spiro atoms. The second-order valence-corrected chi connectivity index (χ2v) is 9.05. The van der Waals surface area contributed by atoms with Crippen LogP contribution in [0.25, 0.3) is 0 Å². The van der Waals surface area contributed by atoms with Gasteiger partial charge in [-0.2, -0.15) is 0 Å². The number of amides is 1. The van der Waals surface area contributed by atoms with Gasteiger partial charge < -0.3 is 10.1 Å². The lowest BCUT2D eigenvalue weighted by Crippen LogP contribution is -2.43. The van der Waals surface area contributed by atoms with Crippen molar-refractivity contribution in [3.63, 3.8) is 0 Å². The van der Waals surface area contributed by atoms with Crippen molar-refractivity contribution in [2.45, 2.75) is 68.9 Å². The van der Waals surface area contributed by atoms with E-state index in [-0.39, 0.29) is 23.8 Å². The maximum Gasteiger partial charge on any atom is 0.341 e. The van der Waals surface area contributed by atoms with Gasteiger partial charge in [-0.3, -0.25) is 9.78 Å². The topological polar surface area (TPSA) is 68.3 Å². The summed E-state index contributed by atoms with van der Waals surface area (Å²) in [6.07, 6.45) is 10.6. The zero-order chi connectivity index (χ0) is 20.6. The van der Waals surface area contributed by atoms with Gasteiger partial charge >= 0.3 is 5.97 Å². The quantitative estimate of drug-likeness (QED) is 0.766. The fourth-order valence-corrected chi connectivity index (χ4v) is 5.57. The van der Waals surface area contributed by atoms with Crippen molar-refractivity contribution in [1.29, 1.82) is 0 Å². The van der Waals surface area contributed by atoms with Gasteiger partial charge in [0.15, 0.2) is 0 Å². The summed E-state index contributed by atoms with van der Waals surface area (Å²) < 4.78 is 5.78. The molecule has 2 heterocycles. The van der Waals surface area contributed by atoms with E-state index < -0.39 is 5.60 Å². The molecule has 5 nitrogen and oxygen atoms in total. The average Bonchev–Trinajstić information content (AvgIpc) is 3.07. The molecule has 0 bridgehead atoms. The smallest absolute Gasteiger partial charge is 0.341 e. The third-order valence-electron chi connectivity index (χ3n) is 7.33. The second-order valence-electron chi connectivity index (χ2n) is 9.05. The number of nitrogens with one attached hydrogen (secondary N) is 1. The first-order valence-electron chi connectivity index (χ1n) is 11.2. The number of pyridine rings is 1. The van der Waals surface area contributed by atoms with Gasteiger partial charge in [-0.15, -0.1) is 0 Å². The van der Waals surface area contributed by atoms with Crippen LogP contribution in [0.3, 0.4) is 0 Å². The zero-order valence-corrected chi connectivity index (χ0v) is 17.2. The summed E-state index contributed by atoms with van der Waals surface area (Å²) in [6, 6.07) is 12.9. The largest absolute Gasteiger partial charge is 0.451 e. The highest BCUT2D eigenvalue weighted by Crippen LogP contribution is 2.48. The first-order valence-corrected chi connectivity index (χ1v) is 11.2. The predicted molar refractivity (Wildman–Crippen MR) is 113 cm³/mol. The molecule has 0 unspecified atom stereocenters. The van der Waals surface area contributed by atoms with Gasteiger partial charge in [0.05, 0.1) is 5.56 Å². The molecule has 30 heavy (non-hydrogen) atoms. The number of rotatable bonds is 3. The minimum absolute atomic E-state index is 0.00654. The Bertz CT molecular complexity index is 926. The summed E-state index contributed by atoms with van der Waals surface area (Å²) in [7, 11) is 0. The molecule has 5 heteroatoms. The summed E-state index contributed by atoms with van der Waals surface area (Å²) in [4.78, 5) is 29.2. The van der Waals surface area contributed by atoms with Crippen LogP contribution in [0.5, 0.6) is 0 Å². The zero-order valence-electron chi connectivity index (χ0n) is 17.2. The van der Waals surface area contributed by atoms with Crippen LogP contribution < -0.4 is 5.32 Å². The fourth-order valence-electron chi connectivity index (χ4n) is 5.57. The summed E-state index contributed by atoms with van der Waals surface area (Å²) in [5.41, 5.74) is 2.39. The Kier molecular flexibility index (Phi) is 5.05. The number of esters is 1. The molecular formula is C25H28N2O3. The molecule has 1 aromatic heterocycles. The highest BCUT2D eigenvalue weighted by molar-refractivity contribution is 5.94. The van der Waals surface area contributed by atoms with E-state index in [0.717, 1.165) is 44.1 Å². The SMILES string of the molecule is O=C1OC2(CCC(C(=O)NC3CCC(c4ccccc4)CC3)CC2)c2ccncc21. The molecule has 2 aliphatic carbocycles. The van der Waals surface area contributed by atoms with Crippen LogP contribution in [-0.4, -0.2) is 22.9 Å². The average molecular weight is 405 g/mol. The molecule has 0 radical (unpaired) electrons. The number of hydrogen-bond donors (Lipinski definition) is 1. The molecule has 2 fully saturated rings. The van der Waals surface area contributed by atoms with Crippen LogP contribution in [0.2, 0.25) is 0 Å². The Hall–Kier alpha value is -2.69. The summed E-state index contributed by atoms with van der Waals surface area (Å²) in [6.45, 7) is 0. The summed E-state index contributed by atoms with van der Waals surface area (Å²) in [5.74, 6) is 0.510. The Morgan fingerprint density at radius 3 is 2.47 bits per heavy atom. The lowest BCUT2D eigenvalue weighted by Gasteiger charge is -2.37. The second kappa shape index (κ2) is 7.86. The van der Waals surface area contributed by atoms with Crippen LogP contribution in [0.1, 0.15) is 78.8 Å². The normalized spacial score (nSPS) is 30.5. The molecule has 1 aromatic carbocycles. The van der Waals surface area contributed by atoms with E-state index in [1.165, 1.54) is 5.56 Å². The highest BCUT2D eigenvalue weighted by Gasteiger charge is 2.48. The van der Waals surface area contributed by atoms with E-state index in [1.807, 2.05) is 6.07 Å². The van der Waals surface area contributed by atoms with Gasteiger partial charge in [-0.1, -0.05) is 30.3 Å². The molecule has 1 amide bonds. The third-order valence-corrected chi connectivity index (χ3v) is 7.33. The molecule has 1 aliphatic heterocycles. The number of carbonyl (C=O) groups excluding carboxylic acids is 2. The molecule has 2 saturated carbocycles. The van der Waals surface area contributed by atoms with Gasteiger partial charge in [0, 0.05) is 29.9 Å². The summed E-state index contributed by atoms with van der Waals surface area (Å²) in [5, 5.41) is 3.31. The molecule has 156 valence electrons. The number of aromatic nitrogens is 1. The number of nitrogens with zero attached hydrogens (tertiary/aromatic N) is 1. The first kappa shape index (κ1) is 19.3. The van der Waals surface area contributed by atoms with Crippen molar-refractivity contribution >= 4 is 11.9 Å². The number of fused-ring (bicyclic) bond motifs is 2. The van der Waals surface area contributed by atoms with Crippen molar-refractivity contribution in [1.82, 2.24) is 10.3 Å². The van der Waals surface area contributed by atoms with Gasteiger partial charge in [-0.25, -0.2) is 4.79 Å². The lowest BCUT2D eigenvalue weighted by atomic mass is 9.74. The van der Waals surface area contributed by atoms with Crippen LogP contribution in [0, 0.1) is 5.92 Å². The molecule has 1 N–H and O–H groups in total. The number of benzene rings is 1. The number of ether oxygens (including phenoxy) is 1. The van der Waals surface area contributed by atoms with Gasteiger partial charge in [0.1, 0.15) is 5.60 Å². The van der Waals surface area contributed by atoms with Gasteiger partial charge in [0.2, 0.25) is 5.91 Å². The first-order chi connectivity index (χ1) is 14.6. The maximum absolute atomic E-state index is 12.9. The van der Waals surface area contributed by atoms with E-state index in [9.17, 15) is 9.59 Å². The minimum Gasteiger partial charge on any atom is -0.451 e. The molecule has 0 saturated heterocycles. The standard InChI is InChI=1S/C25H28N2O3/c28-23(27-20-8-6-18(7-9-20)17-4-2-1-3-5-17)19-10-13-25(14-11-19)22-12-15-26-16-21(22)24(29)30-25/h1-5,12,15-16,18-20H,6-11,13-14H2,(H,27,28). The molecular weight excluding hydrogens is 376 g/mol. The molecule has 3 aliphatic rings. The van der Waals surface area contributed by atoms with Gasteiger partial charge in [-0.05, 0) is 68.9 Å². The third kappa shape index (κ3) is 3.51. The van der Waals surface area contributed by atoms with Crippen molar-refractivity contribution in [3.05, 3.63) is 65.5 Å². The monoisotopic (exact) mass is 404 g/mol. The maximum atomic E-state index is 12.9. The van der Waals surface area contributed by atoms with E-state index in [2.05, 4.69) is 40.6 Å². The van der Waals surface area contributed by atoms with E-state index in [1.54, 1.807) is 12.4 Å². The van der Waals surface area contributed by atoms with E-state index in [4.69, 9.17) is 4.74 Å². The predicted octanol–water partition coefficient (Wildman–Crippen LogP) is 4.48. The minimum atomic E-state index is -0.556. The van der Waals surface area contributed by atoms with Crippen molar-refractivity contribution < 1.29 is 14.3 Å².